The molecule has 0 unspecified atom stereocenters. The van der Waals surface area contributed by atoms with E-state index >= 15 is 0 Å². The van der Waals surface area contributed by atoms with Gasteiger partial charge in [-0.25, -0.2) is 0 Å². The molecule has 0 aromatic carbocycles. The lowest BCUT2D eigenvalue weighted by molar-refractivity contribution is -0.124. The van der Waals surface area contributed by atoms with Gasteiger partial charge in [-0.2, -0.15) is 0 Å². The molecule has 2 heterocycles. The Labute approximate surface area is 110 Å². The fraction of sp³-hybridized carbons (Fsp3) is 0.583. The number of rotatable bonds is 6. The third kappa shape index (κ3) is 4.01. The van der Waals surface area contributed by atoms with Gasteiger partial charge in [0.05, 0.1) is 19.0 Å². The van der Waals surface area contributed by atoms with Crippen molar-refractivity contribution in [3.63, 3.8) is 0 Å². The summed E-state index contributed by atoms with van der Waals surface area (Å²) in [4.78, 5) is 12.9. The molecule has 0 atom stereocenters. The van der Waals surface area contributed by atoms with Gasteiger partial charge in [-0.15, -0.1) is 23.1 Å². The zero-order valence-corrected chi connectivity index (χ0v) is 11.5. The number of amides is 1. The van der Waals surface area contributed by atoms with Crippen LogP contribution in [-0.2, 0) is 15.3 Å². The lowest BCUT2D eigenvalue weighted by Gasteiger charge is -2.38. The van der Waals surface area contributed by atoms with Gasteiger partial charge in [0.25, 0.3) is 0 Å². The molecule has 1 aliphatic heterocycles. The average Bonchev–Trinajstić information content (AvgIpc) is 2.77. The normalized spacial score (nSPS) is 17.5. The topological polar surface area (TPSA) is 38.3 Å². The van der Waals surface area contributed by atoms with E-state index in [1.165, 1.54) is 4.88 Å². The van der Waals surface area contributed by atoms with Crippen molar-refractivity contribution < 1.29 is 9.53 Å². The fourth-order valence-electron chi connectivity index (χ4n) is 1.55. The molecule has 1 fully saturated rings. The molecule has 1 N–H and O–H groups in total. The Morgan fingerprint density at radius 2 is 2.47 bits per heavy atom. The number of thioether (sulfide) groups is 1. The van der Waals surface area contributed by atoms with Crippen molar-refractivity contribution >= 4 is 29.0 Å². The maximum absolute atomic E-state index is 11.6. The minimum Gasteiger partial charge on any atom is -0.380 e. The van der Waals surface area contributed by atoms with Crippen LogP contribution in [0, 0.1) is 5.41 Å². The van der Waals surface area contributed by atoms with Gasteiger partial charge in [0.1, 0.15) is 0 Å². The Hall–Kier alpha value is -0.520. The van der Waals surface area contributed by atoms with E-state index in [2.05, 4.69) is 23.7 Å². The zero-order chi connectivity index (χ0) is 12.1. The second-order valence-electron chi connectivity index (χ2n) is 4.65. The SMILES string of the molecule is CC1(CNC(=O)CSCc2cccs2)COC1. The van der Waals surface area contributed by atoms with Crippen molar-refractivity contribution in [2.24, 2.45) is 5.41 Å². The van der Waals surface area contributed by atoms with E-state index in [0.29, 0.717) is 5.75 Å². The van der Waals surface area contributed by atoms with Gasteiger partial charge in [0, 0.05) is 22.6 Å². The Bertz CT molecular complexity index is 361. The highest BCUT2D eigenvalue weighted by atomic mass is 32.2. The number of carbonyl (C=O) groups is 1. The first-order valence-electron chi connectivity index (χ1n) is 5.63. The molecule has 1 aromatic rings. The number of carbonyl (C=O) groups excluding carboxylic acids is 1. The first-order valence-corrected chi connectivity index (χ1v) is 7.66. The third-order valence-electron chi connectivity index (χ3n) is 2.67. The number of nitrogens with one attached hydrogen (secondary N) is 1. The molecule has 1 aromatic heterocycles. The molecule has 0 bridgehead atoms. The quantitative estimate of drug-likeness (QED) is 0.861. The predicted octanol–water partition coefficient (Wildman–Crippen LogP) is 2.13. The number of hydrogen-bond donors (Lipinski definition) is 1. The van der Waals surface area contributed by atoms with Crippen LogP contribution in [0.2, 0.25) is 0 Å². The number of ether oxygens (including phenoxy) is 1. The van der Waals surface area contributed by atoms with Crippen molar-refractivity contribution in [3.8, 4) is 0 Å². The van der Waals surface area contributed by atoms with Gasteiger partial charge in [0.2, 0.25) is 5.91 Å². The van der Waals surface area contributed by atoms with Crippen molar-refractivity contribution in [2.75, 3.05) is 25.5 Å². The second-order valence-corrected chi connectivity index (χ2v) is 6.67. The van der Waals surface area contributed by atoms with Crippen molar-refractivity contribution in [2.45, 2.75) is 12.7 Å². The van der Waals surface area contributed by atoms with Crippen LogP contribution < -0.4 is 5.32 Å². The second kappa shape index (κ2) is 5.89. The summed E-state index contributed by atoms with van der Waals surface area (Å²) < 4.78 is 5.15. The molecule has 1 aliphatic rings. The summed E-state index contributed by atoms with van der Waals surface area (Å²) >= 11 is 3.40. The molecular formula is C12H17NO2S2. The van der Waals surface area contributed by atoms with Crippen LogP contribution in [0.1, 0.15) is 11.8 Å². The van der Waals surface area contributed by atoms with E-state index in [0.717, 1.165) is 25.5 Å². The minimum atomic E-state index is 0.125. The highest BCUT2D eigenvalue weighted by Crippen LogP contribution is 2.25. The van der Waals surface area contributed by atoms with Gasteiger partial charge < -0.3 is 10.1 Å². The van der Waals surface area contributed by atoms with Crippen LogP contribution in [0.3, 0.4) is 0 Å². The molecule has 17 heavy (non-hydrogen) atoms. The van der Waals surface area contributed by atoms with E-state index in [1.54, 1.807) is 23.1 Å². The number of hydrogen-bond acceptors (Lipinski definition) is 4. The molecule has 3 nitrogen and oxygen atoms in total. The third-order valence-corrected chi connectivity index (χ3v) is 4.71. The monoisotopic (exact) mass is 271 g/mol. The Morgan fingerprint density at radius 1 is 1.65 bits per heavy atom. The van der Waals surface area contributed by atoms with E-state index in [4.69, 9.17) is 4.74 Å². The van der Waals surface area contributed by atoms with Gasteiger partial charge in [0.15, 0.2) is 0 Å². The largest absolute Gasteiger partial charge is 0.380 e. The lowest BCUT2D eigenvalue weighted by atomic mass is 9.89. The average molecular weight is 271 g/mol. The number of thiophene rings is 1. The van der Waals surface area contributed by atoms with Crippen LogP contribution in [0.4, 0.5) is 0 Å². The molecule has 5 heteroatoms. The van der Waals surface area contributed by atoms with Crippen LogP contribution >= 0.6 is 23.1 Å². The van der Waals surface area contributed by atoms with Gasteiger partial charge in [-0.05, 0) is 11.4 Å². The summed E-state index contributed by atoms with van der Waals surface area (Å²) in [7, 11) is 0. The van der Waals surface area contributed by atoms with E-state index in [1.807, 2.05) is 6.07 Å². The molecule has 2 rings (SSSR count). The van der Waals surface area contributed by atoms with Crippen molar-refractivity contribution in [1.82, 2.24) is 5.32 Å². The maximum Gasteiger partial charge on any atom is 0.230 e. The van der Waals surface area contributed by atoms with E-state index in [-0.39, 0.29) is 11.3 Å². The van der Waals surface area contributed by atoms with Crippen molar-refractivity contribution in [3.05, 3.63) is 22.4 Å². The van der Waals surface area contributed by atoms with Crippen molar-refractivity contribution in [1.29, 1.82) is 0 Å². The molecule has 0 spiro atoms. The van der Waals surface area contributed by atoms with E-state index < -0.39 is 0 Å². The smallest absolute Gasteiger partial charge is 0.230 e. The predicted molar refractivity (Wildman–Crippen MR) is 72.4 cm³/mol. The first kappa shape index (κ1) is 12.9. The molecule has 0 aliphatic carbocycles. The zero-order valence-electron chi connectivity index (χ0n) is 9.90. The summed E-state index contributed by atoms with van der Waals surface area (Å²) in [5, 5.41) is 5.03. The first-order chi connectivity index (χ1) is 8.18. The molecule has 0 saturated carbocycles. The van der Waals surface area contributed by atoms with Crippen LogP contribution in [-0.4, -0.2) is 31.4 Å². The van der Waals surface area contributed by atoms with Crippen LogP contribution in [0.25, 0.3) is 0 Å². The summed E-state index contributed by atoms with van der Waals surface area (Å²) in [6, 6.07) is 4.14. The van der Waals surface area contributed by atoms with Gasteiger partial charge >= 0.3 is 0 Å². The van der Waals surface area contributed by atoms with Crippen LogP contribution in [0.15, 0.2) is 17.5 Å². The standard InChI is InChI=1S/C12H17NO2S2/c1-12(8-15-9-12)7-13-11(14)6-16-5-10-3-2-4-17-10/h2-4H,5-9H2,1H3,(H,13,14). The highest BCUT2D eigenvalue weighted by molar-refractivity contribution is 7.99. The summed E-state index contributed by atoms with van der Waals surface area (Å²) in [5.74, 6) is 1.58. The summed E-state index contributed by atoms with van der Waals surface area (Å²) in [6.45, 7) is 4.38. The Balaban J connectivity index is 1.58. The van der Waals surface area contributed by atoms with Crippen LogP contribution in [0.5, 0.6) is 0 Å². The molecule has 94 valence electrons. The van der Waals surface area contributed by atoms with Gasteiger partial charge in [-0.3, -0.25) is 4.79 Å². The Kier molecular flexibility index (Phi) is 4.48. The molecule has 1 saturated heterocycles. The molecule has 0 radical (unpaired) electrons. The Morgan fingerprint density at radius 3 is 3.06 bits per heavy atom. The summed E-state index contributed by atoms with van der Waals surface area (Å²) in [6.07, 6.45) is 0. The lowest BCUT2D eigenvalue weighted by Crippen LogP contribution is -2.48. The fourth-order valence-corrected chi connectivity index (χ4v) is 3.25. The maximum atomic E-state index is 11.6. The molecule has 1 amide bonds. The minimum absolute atomic E-state index is 0.125. The molecular weight excluding hydrogens is 254 g/mol. The van der Waals surface area contributed by atoms with E-state index in [9.17, 15) is 4.79 Å². The summed E-state index contributed by atoms with van der Waals surface area (Å²) in [5.41, 5.74) is 0.161. The highest BCUT2D eigenvalue weighted by Gasteiger charge is 2.33. The van der Waals surface area contributed by atoms with Gasteiger partial charge in [-0.1, -0.05) is 13.0 Å².